The molecule has 0 aliphatic carbocycles. The minimum absolute atomic E-state index is 0.0194. The summed E-state index contributed by atoms with van der Waals surface area (Å²) in [5.41, 5.74) is 0.646. The van der Waals surface area contributed by atoms with Crippen molar-refractivity contribution in [3.05, 3.63) is 80.6 Å². The lowest BCUT2D eigenvalue weighted by Gasteiger charge is -2.22. The molecule has 1 amide bonds. The van der Waals surface area contributed by atoms with Gasteiger partial charge in [-0.3, -0.25) is 14.5 Å². The van der Waals surface area contributed by atoms with Crippen LogP contribution in [0.2, 0.25) is 5.02 Å². The molecular formula is C21H13ClN2O4S2. The van der Waals surface area contributed by atoms with E-state index in [0.717, 1.165) is 4.70 Å². The summed E-state index contributed by atoms with van der Waals surface area (Å²) in [6.07, 6.45) is 0. The number of nitrogens with zero attached hydrogens (tertiary/aromatic N) is 2. The zero-order valence-electron chi connectivity index (χ0n) is 15.5. The number of Topliss-reactive ketones (excluding diaryl/α,β-unsaturated/α-hetero) is 1. The van der Waals surface area contributed by atoms with Gasteiger partial charge in [0.15, 0.2) is 10.9 Å². The highest BCUT2D eigenvalue weighted by molar-refractivity contribution is 7.22. The summed E-state index contributed by atoms with van der Waals surface area (Å²) in [5.74, 6) is -0.699. The second kappa shape index (κ2) is 7.09. The Balaban J connectivity index is 1.68. The van der Waals surface area contributed by atoms with E-state index in [1.807, 2.05) is 0 Å². The Hall–Kier alpha value is -2.94. The first-order chi connectivity index (χ1) is 14.4. The smallest absolute Gasteiger partial charge is 0.296 e. The number of anilines is 1. The third-order valence-electron chi connectivity index (χ3n) is 4.77. The summed E-state index contributed by atoms with van der Waals surface area (Å²) in [5, 5.41) is 13.4. The number of thiazole rings is 1. The van der Waals surface area contributed by atoms with Crippen LogP contribution in [-0.2, 0) is 4.79 Å². The van der Waals surface area contributed by atoms with Gasteiger partial charge in [-0.2, -0.15) is 0 Å². The SMILES string of the molecule is Cc1ccc(C2C(C(=O)c3cccs3)=C(O)C(=O)N2c2nc3ccc(Cl)cc3s2)o1. The van der Waals surface area contributed by atoms with Gasteiger partial charge in [-0.1, -0.05) is 29.0 Å². The van der Waals surface area contributed by atoms with Crippen LogP contribution in [0.4, 0.5) is 5.13 Å². The van der Waals surface area contributed by atoms with Crippen molar-refractivity contribution < 1.29 is 19.1 Å². The zero-order valence-corrected chi connectivity index (χ0v) is 17.8. The third-order valence-corrected chi connectivity index (χ3v) is 6.89. The highest BCUT2D eigenvalue weighted by Gasteiger charge is 2.47. The van der Waals surface area contributed by atoms with Gasteiger partial charge in [-0.15, -0.1) is 11.3 Å². The van der Waals surface area contributed by atoms with Gasteiger partial charge in [-0.25, -0.2) is 4.98 Å². The van der Waals surface area contributed by atoms with Crippen LogP contribution in [-0.4, -0.2) is 21.8 Å². The zero-order chi connectivity index (χ0) is 21.0. The van der Waals surface area contributed by atoms with E-state index in [9.17, 15) is 14.7 Å². The number of carbonyl (C=O) groups is 2. The van der Waals surface area contributed by atoms with Crippen molar-refractivity contribution in [2.75, 3.05) is 4.90 Å². The van der Waals surface area contributed by atoms with Crippen LogP contribution >= 0.6 is 34.3 Å². The van der Waals surface area contributed by atoms with E-state index < -0.39 is 23.5 Å². The van der Waals surface area contributed by atoms with E-state index in [4.69, 9.17) is 16.0 Å². The van der Waals surface area contributed by atoms with E-state index in [2.05, 4.69) is 4.98 Å². The van der Waals surface area contributed by atoms with Gasteiger partial charge >= 0.3 is 0 Å². The lowest BCUT2D eigenvalue weighted by atomic mass is 10.0. The number of furan rings is 1. The predicted molar refractivity (Wildman–Crippen MR) is 117 cm³/mol. The van der Waals surface area contributed by atoms with Crippen LogP contribution in [0.25, 0.3) is 10.2 Å². The van der Waals surface area contributed by atoms with Crippen molar-refractivity contribution >= 4 is 61.3 Å². The first-order valence-electron chi connectivity index (χ1n) is 8.91. The molecule has 1 aliphatic heterocycles. The molecular weight excluding hydrogens is 444 g/mol. The maximum absolute atomic E-state index is 13.2. The number of halogens is 1. The van der Waals surface area contributed by atoms with Gasteiger partial charge in [0.05, 0.1) is 20.7 Å². The van der Waals surface area contributed by atoms with Gasteiger partial charge in [0.25, 0.3) is 5.91 Å². The standard InChI is InChI=1S/C21H13ClN2O4S2/c1-10-4-7-13(28-10)17-16(18(25)14-3-2-8-29-14)19(26)20(27)24(17)21-23-12-6-5-11(22)9-15(12)30-21/h2-9,17,26H,1H3. The molecule has 3 aromatic heterocycles. The van der Waals surface area contributed by atoms with Crippen LogP contribution in [0.1, 0.15) is 27.2 Å². The van der Waals surface area contributed by atoms with Crippen LogP contribution < -0.4 is 4.90 Å². The summed E-state index contributed by atoms with van der Waals surface area (Å²) in [4.78, 5) is 32.6. The maximum Gasteiger partial charge on any atom is 0.296 e. The van der Waals surface area contributed by atoms with Crippen molar-refractivity contribution in [2.24, 2.45) is 0 Å². The van der Waals surface area contributed by atoms with Gasteiger partial charge in [-0.05, 0) is 48.7 Å². The van der Waals surface area contributed by atoms with Crippen molar-refractivity contribution in [3.8, 4) is 0 Å². The summed E-state index contributed by atoms with van der Waals surface area (Å²) in [7, 11) is 0. The molecule has 0 saturated carbocycles. The Bertz CT molecular complexity index is 1340. The first-order valence-corrected chi connectivity index (χ1v) is 11.0. The van der Waals surface area contributed by atoms with E-state index in [0.29, 0.717) is 32.1 Å². The van der Waals surface area contributed by atoms with Crippen LogP contribution in [0.5, 0.6) is 0 Å². The van der Waals surface area contributed by atoms with E-state index >= 15 is 0 Å². The van der Waals surface area contributed by atoms with Gasteiger partial charge in [0.2, 0.25) is 5.78 Å². The molecule has 9 heteroatoms. The molecule has 0 radical (unpaired) electrons. The van der Waals surface area contributed by atoms with Crippen molar-refractivity contribution in [3.63, 3.8) is 0 Å². The Morgan fingerprint density at radius 1 is 1.27 bits per heavy atom. The normalized spacial score (nSPS) is 16.8. The quantitative estimate of drug-likeness (QED) is 0.398. The Morgan fingerprint density at radius 3 is 2.80 bits per heavy atom. The van der Waals surface area contributed by atoms with E-state index in [1.54, 1.807) is 54.8 Å². The van der Waals surface area contributed by atoms with Crippen molar-refractivity contribution in [2.45, 2.75) is 13.0 Å². The molecule has 4 aromatic rings. The molecule has 4 heterocycles. The minimum Gasteiger partial charge on any atom is -0.503 e. The number of ketones is 1. The second-order valence-electron chi connectivity index (χ2n) is 6.70. The number of aliphatic hydroxyl groups excluding tert-OH is 1. The summed E-state index contributed by atoms with van der Waals surface area (Å²) in [6.45, 7) is 1.77. The van der Waals surface area contributed by atoms with Gasteiger partial charge in [0.1, 0.15) is 17.6 Å². The number of thiophene rings is 1. The number of benzene rings is 1. The molecule has 30 heavy (non-hydrogen) atoms. The number of aromatic nitrogens is 1. The summed E-state index contributed by atoms with van der Waals surface area (Å²) in [6, 6.07) is 11.2. The monoisotopic (exact) mass is 456 g/mol. The first kappa shape index (κ1) is 19.0. The highest BCUT2D eigenvalue weighted by atomic mass is 35.5. The molecule has 0 fully saturated rings. The number of hydrogen-bond acceptors (Lipinski definition) is 7. The average Bonchev–Trinajstić information content (AvgIpc) is 3.49. The molecule has 6 nitrogen and oxygen atoms in total. The molecule has 1 N–H and O–H groups in total. The number of hydrogen-bond donors (Lipinski definition) is 1. The predicted octanol–water partition coefficient (Wildman–Crippen LogP) is 5.70. The fourth-order valence-corrected chi connectivity index (χ4v) is 5.38. The fourth-order valence-electron chi connectivity index (χ4n) is 3.43. The molecule has 1 aromatic carbocycles. The summed E-state index contributed by atoms with van der Waals surface area (Å²) >= 11 is 8.58. The second-order valence-corrected chi connectivity index (χ2v) is 9.10. The average molecular weight is 457 g/mol. The van der Waals surface area contributed by atoms with Gasteiger partial charge < -0.3 is 9.52 Å². The topological polar surface area (TPSA) is 83.6 Å². The molecule has 0 bridgehead atoms. The largest absolute Gasteiger partial charge is 0.503 e. The molecule has 1 unspecified atom stereocenters. The van der Waals surface area contributed by atoms with Crippen molar-refractivity contribution in [1.82, 2.24) is 4.98 Å². The Labute approximate surface area is 183 Å². The number of rotatable bonds is 4. The Morgan fingerprint density at radius 2 is 2.10 bits per heavy atom. The number of carbonyl (C=O) groups excluding carboxylic acids is 2. The maximum atomic E-state index is 13.2. The van der Waals surface area contributed by atoms with Crippen LogP contribution in [0.3, 0.4) is 0 Å². The van der Waals surface area contributed by atoms with Gasteiger partial charge in [0, 0.05) is 5.02 Å². The van der Waals surface area contributed by atoms with E-state index in [1.165, 1.54) is 27.6 Å². The Kier molecular flexibility index (Phi) is 4.50. The molecule has 150 valence electrons. The van der Waals surface area contributed by atoms with E-state index in [-0.39, 0.29) is 5.57 Å². The molecule has 1 aliphatic rings. The number of amides is 1. The van der Waals surface area contributed by atoms with Crippen LogP contribution in [0.15, 0.2) is 63.6 Å². The highest BCUT2D eigenvalue weighted by Crippen LogP contribution is 2.45. The number of aliphatic hydroxyl groups is 1. The van der Waals surface area contributed by atoms with Crippen LogP contribution in [0, 0.1) is 6.92 Å². The molecule has 1 atom stereocenters. The number of aryl methyl sites for hydroxylation is 1. The fraction of sp³-hybridized carbons (Fsp3) is 0.0952. The minimum atomic E-state index is -0.920. The molecule has 0 saturated heterocycles. The number of fused-ring (bicyclic) bond motifs is 1. The molecule has 0 spiro atoms. The lowest BCUT2D eigenvalue weighted by Crippen LogP contribution is -2.30. The summed E-state index contributed by atoms with van der Waals surface area (Å²) < 4.78 is 6.56. The lowest BCUT2D eigenvalue weighted by molar-refractivity contribution is -0.117. The van der Waals surface area contributed by atoms with Crippen molar-refractivity contribution in [1.29, 1.82) is 0 Å². The molecule has 5 rings (SSSR count). The third kappa shape index (κ3) is 2.96.